The van der Waals surface area contributed by atoms with Crippen LogP contribution in [0.15, 0.2) is 0 Å². The molecule has 0 heterocycles. The summed E-state index contributed by atoms with van der Waals surface area (Å²) in [5.41, 5.74) is 3.14. The first kappa shape index (κ1) is 9.78. The van der Waals surface area contributed by atoms with E-state index in [0.29, 0.717) is 13.1 Å². The van der Waals surface area contributed by atoms with Crippen LogP contribution in [0.4, 0.5) is 8.96 Å². The summed E-state index contributed by atoms with van der Waals surface area (Å²) in [6, 6.07) is 0. The number of hydrogen-bond donors (Lipinski definition) is 2. The van der Waals surface area contributed by atoms with Crippen LogP contribution in [0.2, 0.25) is 0 Å². The zero-order chi connectivity index (χ0) is 7.66. The van der Waals surface area contributed by atoms with E-state index in [1.165, 1.54) is 0 Å². The third kappa shape index (κ3) is 7.78. The highest BCUT2D eigenvalue weighted by Gasteiger charge is 1.88. The second kappa shape index (κ2) is 8.78. The van der Waals surface area contributed by atoms with Gasteiger partial charge in [0.1, 0.15) is 0 Å². The van der Waals surface area contributed by atoms with Gasteiger partial charge in [0.05, 0.1) is 0 Å². The zero-order valence-corrected chi connectivity index (χ0v) is 6.00. The van der Waals surface area contributed by atoms with Gasteiger partial charge < -0.3 is 0 Å². The van der Waals surface area contributed by atoms with Gasteiger partial charge in [0.2, 0.25) is 0 Å². The van der Waals surface area contributed by atoms with Gasteiger partial charge in [-0.1, -0.05) is 12.8 Å². The number of halogens is 2. The molecule has 62 valence electrons. The van der Waals surface area contributed by atoms with Crippen LogP contribution >= 0.6 is 0 Å². The molecule has 0 saturated carbocycles. The van der Waals surface area contributed by atoms with Crippen molar-refractivity contribution < 1.29 is 8.96 Å². The summed E-state index contributed by atoms with van der Waals surface area (Å²) in [7, 11) is 0. The highest BCUT2D eigenvalue weighted by molar-refractivity contribution is 4.44. The molecule has 0 bridgehead atoms. The Kier molecular flexibility index (Phi) is 8.59. The van der Waals surface area contributed by atoms with E-state index in [4.69, 9.17) is 0 Å². The van der Waals surface area contributed by atoms with Gasteiger partial charge in [0.15, 0.2) is 0 Å². The highest BCUT2D eigenvalue weighted by Crippen LogP contribution is 1.97. The van der Waals surface area contributed by atoms with E-state index in [9.17, 15) is 8.96 Å². The summed E-state index contributed by atoms with van der Waals surface area (Å²) < 4.78 is 22.5. The standard InChI is InChI=1S/C6H14F2N2/c7-9-5-3-1-2-4-6-10-8/h9-10H,1-6H2. The molecular formula is C6H14F2N2. The average Bonchev–Trinajstić information content (AvgIpc) is 1.97. The van der Waals surface area contributed by atoms with Crippen molar-refractivity contribution in [3.63, 3.8) is 0 Å². The maximum atomic E-state index is 11.2. The highest BCUT2D eigenvalue weighted by atomic mass is 19.2. The maximum absolute atomic E-state index is 11.2. The molecule has 0 aliphatic heterocycles. The minimum Gasteiger partial charge on any atom is -0.159 e. The van der Waals surface area contributed by atoms with Gasteiger partial charge in [-0.25, -0.2) is 0 Å². The summed E-state index contributed by atoms with van der Waals surface area (Å²) in [5.74, 6) is 0. The fourth-order valence-corrected chi connectivity index (χ4v) is 0.737. The average molecular weight is 152 g/mol. The van der Waals surface area contributed by atoms with Crippen LogP contribution < -0.4 is 11.1 Å². The first-order valence-electron chi connectivity index (χ1n) is 3.59. The molecule has 0 saturated heterocycles. The van der Waals surface area contributed by atoms with Crippen molar-refractivity contribution in [2.24, 2.45) is 0 Å². The maximum Gasteiger partial charge on any atom is 0.0259 e. The lowest BCUT2D eigenvalue weighted by Crippen LogP contribution is -2.04. The summed E-state index contributed by atoms with van der Waals surface area (Å²) >= 11 is 0. The molecule has 0 fully saturated rings. The Bertz CT molecular complexity index is 53.7. The lowest BCUT2D eigenvalue weighted by molar-refractivity contribution is 0.318. The largest absolute Gasteiger partial charge is 0.159 e. The van der Waals surface area contributed by atoms with Gasteiger partial charge in [-0.2, -0.15) is 11.1 Å². The minimum absolute atomic E-state index is 0.406. The van der Waals surface area contributed by atoms with Crippen LogP contribution in [-0.4, -0.2) is 13.1 Å². The topological polar surface area (TPSA) is 24.1 Å². The first-order valence-corrected chi connectivity index (χ1v) is 3.59. The van der Waals surface area contributed by atoms with Gasteiger partial charge in [0, 0.05) is 13.1 Å². The fraction of sp³-hybridized carbons (Fsp3) is 1.00. The van der Waals surface area contributed by atoms with Crippen molar-refractivity contribution in [3.8, 4) is 0 Å². The van der Waals surface area contributed by atoms with Crippen LogP contribution in [0.3, 0.4) is 0 Å². The van der Waals surface area contributed by atoms with Crippen molar-refractivity contribution in [2.75, 3.05) is 13.1 Å². The lowest BCUT2D eigenvalue weighted by Gasteiger charge is -1.97. The number of nitrogens with one attached hydrogen (secondary N) is 2. The summed E-state index contributed by atoms with van der Waals surface area (Å²) in [5, 5.41) is 0. The quantitative estimate of drug-likeness (QED) is 0.426. The van der Waals surface area contributed by atoms with E-state index in [0.717, 1.165) is 25.7 Å². The third-order valence-corrected chi connectivity index (χ3v) is 1.29. The van der Waals surface area contributed by atoms with Crippen LogP contribution in [0.25, 0.3) is 0 Å². The van der Waals surface area contributed by atoms with E-state index in [-0.39, 0.29) is 0 Å². The van der Waals surface area contributed by atoms with Crippen LogP contribution in [0.5, 0.6) is 0 Å². The SMILES string of the molecule is FNCCCCCCNF. The van der Waals surface area contributed by atoms with Gasteiger partial charge in [-0.15, -0.1) is 8.96 Å². The Morgan fingerprint density at radius 1 is 0.700 bits per heavy atom. The van der Waals surface area contributed by atoms with Crippen LogP contribution in [0, 0.1) is 0 Å². The fourth-order valence-electron chi connectivity index (χ4n) is 0.737. The number of hydrogen-bond acceptors (Lipinski definition) is 2. The molecule has 0 unspecified atom stereocenters. The molecule has 10 heavy (non-hydrogen) atoms. The summed E-state index contributed by atoms with van der Waals surface area (Å²) in [4.78, 5) is 0. The molecule has 0 aromatic rings. The van der Waals surface area contributed by atoms with Gasteiger partial charge in [-0.05, 0) is 12.8 Å². The summed E-state index contributed by atoms with van der Waals surface area (Å²) in [6.45, 7) is 0.812. The molecule has 0 radical (unpaired) electrons. The van der Waals surface area contributed by atoms with E-state index >= 15 is 0 Å². The van der Waals surface area contributed by atoms with Crippen molar-refractivity contribution in [1.29, 1.82) is 0 Å². The van der Waals surface area contributed by atoms with Crippen molar-refractivity contribution in [1.82, 2.24) is 11.1 Å². The molecule has 0 atom stereocenters. The second-order valence-electron chi connectivity index (χ2n) is 2.18. The zero-order valence-electron chi connectivity index (χ0n) is 6.00. The molecule has 0 aromatic carbocycles. The van der Waals surface area contributed by atoms with Crippen molar-refractivity contribution >= 4 is 0 Å². The van der Waals surface area contributed by atoms with Gasteiger partial charge in [0.25, 0.3) is 0 Å². The van der Waals surface area contributed by atoms with E-state index in [1.807, 2.05) is 0 Å². The molecule has 2 N–H and O–H groups in total. The van der Waals surface area contributed by atoms with Gasteiger partial charge >= 0.3 is 0 Å². The normalized spacial score (nSPS) is 10.2. The molecule has 0 aromatic heterocycles. The monoisotopic (exact) mass is 152 g/mol. The van der Waals surface area contributed by atoms with Crippen LogP contribution in [0.1, 0.15) is 25.7 Å². The lowest BCUT2D eigenvalue weighted by atomic mass is 10.2. The van der Waals surface area contributed by atoms with Crippen LogP contribution in [-0.2, 0) is 0 Å². The predicted octanol–water partition coefficient (Wildman–Crippen LogP) is 1.49. The van der Waals surface area contributed by atoms with Gasteiger partial charge in [-0.3, -0.25) is 0 Å². The molecule has 0 rings (SSSR count). The Labute approximate surface area is 59.9 Å². The van der Waals surface area contributed by atoms with Crippen molar-refractivity contribution in [2.45, 2.75) is 25.7 Å². The molecule has 4 heteroatoms. The Morgan fingerprint density at radius 3 is 1.40 bits per heavy atom. The smallest absolute Gasteiger partial charge is 0.0259 e. The Morgan fingerprint density at radius 2 is 1.10 bits per heavy atom. The second-order valence-corrected chi connectivity index (χ2v) is 2.18. The molecule has 0 spiro atoms. The molecule has 0 aliphatic rings. The third-order valence-electron chi connectivity index (χ3n) is 1.29. The van der Waals surface area contributed by atoms with Crippen molar-refractivity contribution in [3.05, 3.63) is 0 Å². The molecule has 0 aliphatic carbocycles. The summed E-state index contributed by atoms with van der Waals surface area (Å²) in [6.07, 6.45) is 3.56. The van der Waals surface area contributed by atoms with E-state index in [1.54, 1.807) is 11.1 Å². The molecule has 2 nitrogen and oxygen atoms in total. The molecule has 0 amide bonds. The Hall–Kier alpha value is -0.220. The van der Waals surface area contributed by atoms with E-state index < -0.39 is 0 Å². The molecular weight excluding hydrogens is 138 g/mol. The number of unbranched alkanes of at least 4 members (excludes halogenated alkanes) is 3. The minimum atomic E-state index is 0.406. The Balaban J connectivity index is 2.65. The first-order chi connectivity index (χ1) is 4.91. The predicted molar refractivity (Wildman–Crippen MR) is 36.7 cm³/mol. The number of rotatable bonds is 7. The van der Waals surface area contributed by atoms with E-state index in [2.05, 4.69) is 0 Å².